The van der Waals surface area contributed by atoms with Gasteiger partial charge in [-0.3, -0.25) is 4.79 Å². The molecule has 1 N–H and O–H groups in total. The van der Waals surface area contributed by atoms with Crippen molar-refractivity contribution in [3.05, 3.63) is 57.6 Å². The second-order valence-electron chi connectivity index (χ2n) is 6.64. The Balaban J connectivity index is 1.70. The van der Waals surface area contributed by atoms with Crippen molar-refractivity contribution in [3.63, 3.8) is 0 Å². The van der Waals surface area contributed by atoms with E-state index in [-0.39, 0.29) is 16.7 Å². The van der Waals surface area contributed by atoms with Crippen molar-refractivity contribution in [1.82, 2.24) is 20.2 Å². The molecule has 0 fully saturated rings. The van der Waals surface area contributed by atoms with Crippen LogP contribution in [0.3, 0.4) is 0 Å². The first-order valence-electron chi connectivity index (χ1n) is 8.97. The predicted octanol–water partition coefficient (Wildman–Crippen LogP) is 3.76. The fourth-order valence-electron chi connectivity index (χ4n) is 3.09. The average Bonchev–Trinajstić information content (AvgIpc) is 3.14. The number of aromatic nitrogens is 4. The number of rotatable bonds is 6. The van der Waals surface area contributed by atoms with E-state index in [9.17, 15) is 9.59 Å². The first kappa shape index (κ1) is 21.8. The van der Waals surface area contributed by atoms with Gasteiger partial charge in [-0.25, -0.2) is 4.79 Å². The molecule has 0 atom stereocenters. The molecule has 0 radical (unpaired) electrons. The molecule has 8 nitrogen and oxygen atoms in total. The van der Waals surface area contributed by atoms with Crippen LogP contribution in [0.5, 0.6) is 0 Å². The fraction of sp³-hybridized carbons (Fsp3) is 0.250. The summed E-state index contributed by atoms with van der Waals surface area (Å²) in [6.07, 6.45) is 0. The molecule has 1 amide bonds. The number of halogens is 1. The number of esters is 1. The number of methoxy groups -OCH3 is 1. The topological polar surface area (TPSA) is 99.0 Å². The van der Waals surface area contributed by atoms with Crippen molar-refractivity contribution in [1.29, 1.82) is 0 Å². The molecule has 0 aliphatic carbocycles. The number of amides is 1. The minimum absolute atomic E-state index is 0.0827. The molecule has 0 saturated carbocycles. The summed E-state index contributed by atoms with van der Waals surface area (Å²) in [6, 6.07) is 8.65. The van der Waals surface area contributed by atoms with Gasteiger partial charge in [-0.15, -0.1) is 5.10 Å². The number of ether oxygens (including phenoxy) is 1. The highest BCUT2D eigenvalue weighted by atomic mass is 35.5. The van der Waals surface area contributed by atoms with Gasteiger partial charge in [0.05, 0.1) is 34.8 Å². The van der Waals surface area contributed by atoms with Crippen molar-refractivity contribution < 1.29 is 14.3 Å². The van der Waals surface area contributed by atoms with E-state index in [0.29, 0.717) is 16.4 Å². The van der Waals surface area contributed by atoms with E-state index >= 15 is 0 Å². The van der Waals surface area contributed by atoms with Gasteiger partial charge >= 0.3 is 5.97 Å². The number of nitrogens with zero attached hydrogens (tertiary/aromatic N) is 4. The lowest BCUT2D eigenvalue weighted by Gasteiger charge is -2.12. The molecule has 0 aliphatic rings. The van der Waals surface area contributed by atoms with Gasteiger partial charge in [-0.2, -0.15) is 4.68 Å². The molecule has 10 heteroatoms. The maximum absolute atomic E-state index is 12.4. The van der Waals surface area contributed by atoms with Crippen LogP contribution in [-0.2, 0) is 9.53 Å². The monoisotopic (exact) mass is 445 g/mol. The van der Waals surface area contributed by atoms with Gasteiger partial charge in [0.2, 0.25) is 11.1 Å². The second kappa shape index (κ2) is 9.27. The van der Waals surface area contributed by atoms with Gasteiger partial charge in [-0.1, -0.05) is 41.1 Å². The van der Waals surface area contributed by atoms with Gasteiger partial charge in [0, 0.05) is 0 Å². The number of hydrogen-bond donors (Lipinski definition) is 1. The van der Waals surface area contributed by atoms with E-state index in [1.807, 2.05) is 20.8 Å². The van der Waals surface area contributed by atoms with Gasteiger partial charge in [0.25, 0.3) is 0 Å². The smallest absolute Gasteiger partial charge is 0.337 e. The summed E-state index contributed by atoms with van der Waals surface area (Å²) in [5, 5.41) is 15.4. The number of carbonyl (C=O) groups is 2. The lowest BCUT2D eigenvalue weighted by atomic mass is 10.1. The second-order valence-corrected chi connectivity index (χ2v) is 7.99. The zero-order valence-electron chi connectivity index (χ0n) is 16.9. The summed E-state index contributed by atoms with van der Waals surface area (Å²) < 4.78 is 6.29. The van der Waals surface area contributed by atoms with Crippen LogP contribution in [0.1, 0.15) is 27.0 Å². The molecule has 1 heterocycles. The van der Waals surface area contributed by atoms with Crippen molar-refractivity contribution in [2.75, 3.05) is 18.2 Å². The standard InChI is InChI=1S/C20H20ClN5O3S/c1-11-7-12(2)18(13(3)8-11)26-20(23-24-25-26)30-10-17(27)22-16-6-5-14(9-15(16)21)19(28)29-4/h5-9H,10H2,1-4H3,(H,22,27). The maximum Gasteiger partial charge on any atom is 0.337 e. The van der Waals surface area contributed by atoms with Crippen LogP contribution in [0, 0.1) is 20.8 Å². The fourth-order valence-corrected chi connectivity index (χ4v) is 4.00. The molecule has 0 aliphatic heterocycles. The zero-order valence-corrected chi connectivity index (χ0v) is 18.5. The van der Waals surface area contributed by atoms with Gasteiger partial charge in [0.1, 0.15) is 0 Å². The molecule has 3 rings (SSSR count). The number of thioether (sulfide) groups is 1. The number of benzene rings is 2. The van der Waals surface area contributed by atoms with E-state index in [2.05, 4.69) is 37.7 Å². The van der Waals surface area contributed by atoms with Crippen LogP contribution in [0.15, 0.2) is 35.5 Å². The van der Waals surface area contributed by atoms with Crippen molar-refractivity contribution in [3.8, 4) is 5.69 Å². The molecule has 30 heavy (non-hydrogen) atoms. The molecule has 0 bridgehead atoms. The minimum atomic E-state index is -0.501. The molecule has 0 saturated heterocycles. The highest BCUT2D eigenvalue weighted by Crippen LogP contribution is 2.26. The van der Waals surface area contributed by atoms with Crippen LogP contribution < -0.4 is 5.32 Å². The SMILES string of the molecule is COC(=O)c1ccc(NC(=O)CSc2nnnn2-c2c(C)cc(C)cc2C)c(Cl)c1. The number of anilines is 1. The van der Waals surface area contributed by atoms with Gasteiger partial charge in [-0.05, 0) is 60.5 Å². The number of nitrogens with one attached hydrogen (secondary N) is 1. The molecule has 0 unspecified atom stereocenters. The van der Waals surface area contributed by atoms with Gasteiger partial charge in [0.15, 0.2) is 0 Å². The molecule has 1 aromatic heterocycles. The molecular weight excluding hydrogens is 426 g/mol. The highest BCUT2D eigenvalue weighted by molar-refractivity contribution is 7.99. The van der Waals surface area contributed by atoms with Gasteiger partial charge < -0.3 is 10.1 Å². The summed E-state index contributed by atoms with van der Waals surface area (Å²) in [5.41, 5.74) is 4.85. The lowest BCUT2D eigenvalue weighted by molar-refractivity contribution is -0.113. The predicted molar refractivity (Wildman–Crippen MR) is 116 cm³/mol. The number of tetrazole rings is 1. The normalized spacial score (nSPS) is 10.7. The van der Waals surface area contributed by atoms with Crippen LogP contribution in [0.4, 0.5) is 5.69 Å². The van der Waals surface area contributed by atoms with Crippen molar-refractivity contribution >= 4 is 40.9 Å². The van der Waals surface area contributed by atoms with E-state index in [0.717, 1.165) is 22.4 Å². The summed E-state index contributed by atoms with van der Waals surface area (Å²) in [6.45, 7) is 6.03. The summed E-state index contributed by atoms with van der Waals surface area (Å²) >= 11 is 7.37. The van der Waals surface area contributed by atoms with E-state index in [4.69, 9.17) is 11.6 Å². The van der Waals surface area contributed by atoms with Crippen molar-refractivity contribution in [2.45, 2.75) is 25.9 Å². The van der Waals surface area contributed by atoms with E-state index in [1.165, 1.54) is 31.0 Å². The maximum atomic E-state index is 12.4. The molecule has 2 aromatic carbocycles. The largest absolute Gasteiger partial charge is 0.465 e. The Hall–Kier alpha value is -2.91. The zero-order chi connectivity index (χ0) is 21.8. The Morgan fingerprint density at radius 3 is 2.50 bits per heavy atom. The molecule has 3 aromatic rings. The van der Waals surface area contributed by atoms with E-state index in [1.54, 1.807) is 10.7 Å². The number of hydrogen-bond acceptors (Lipinski definition) is 7. The summed E-state index contributed by atoms with van der Waals surface area (Å²) in [4.78, 5) is 24.0. The van der Waals surface area contributed by atoms with Crippen LogP contribution in [0.25, 0.3) is 5.69 Å². The molecule has 156 valence electrons. The molecular formula is C20H20ClN5O3S. The summed E-state index contributed by atoms with van der Waals surface area (Å²) in [5.74, 6) is -0.696. The minimum Gasteiger partial charge on any atom is -0.465 e. The first-order chi connectivity index (χ1) is 14.3. The lowest BCUT2D eigenvalue weighted by Crippen LogP contribution is -2.15. The average molecular weight is 446 g/mol. The van der Waals surface area contributed by atoms with Crippen LogP contribution >= 0.6 is 23.4 Å². The number of aryl methyl sites for hydroxylation is 3. The third kappa shape index (κ3) is 4.80. The third-order valence-electron chi connectivity index (χ3n) is 4.28. The third-order valence-corrected chi connectivity index (χ3v) is 5.52. The Kier molecular flexibility index (Phi) is 6.73. The first-order valence-corrected chi connectivity index (χ1v) is 10.3. The van der Waals surface area contributed by atoms with Crippen molar-refractivity contribution in [2.24, 2.45) is 0 Å². The number of carbonyl (C=O) groups excluding carboxylic acids is 2. The highest BCUT2D eigenvalue weighted by Gasteiger charge is 2.16. The molecule has 0 spiro atoms. The van der Waals surface area contributed by atoms with Crippen LogP contribution in [0.2, 0.25) is 5.02 Å². The quantitative estimate of drug-likeness (QED) is 0.455. The summed E-state index contributed by atoms with van der Waals surface area (Å²) in [7, 11) is 1.29. The Morgan fingerprint density at radius 2 is 1.87 bits per heavy atom. The Bertz CT molecular complexity index is 1090. The van der Waals surface area contributed by atoms with Crippen LogP contribution in [-0.4, -0.2) is 44.9 Å². The Labute approximate surface area is 182 Å². The Morgan fingerprint density at radius 1 is 1.17 bits per heavy atom. The van der Waals surface area contributed by atoms with E-state index < -0.39 is 5.97 Å².